The largest absolute Gasteiger partial charge is 0.496 e. The smallest absolute Gasteiger partial charge is 0.337 e. The van der Waals surface area contributed by atoms with Gasteiger partial charge in [-0.15, -0.1) is 0 Å². The Kier molecular flexibility index (Phi) is 4.04. The van der Waals surface area contributed by atoms with Gasteiger partial charge < -0.3 is 15.2 Å². The molecular weight excluding hydrogens is 308 g/mol. The van der Waals surface area contributed by atoms with E-state index in [2.05, 4.69) is 10.3 Å². The molecule has 3 rings (SSSR count). The number of carbonyl (C=O) groups is 2. The number of hydrogen-bond donors (Lipinski definition) is 2. The second kappa shape index (κ2) is 6.16. The minimum atomic E-state index is -1.10. The quantitative estimate of drug-likeness (QED) is 0.884. The molecule has 1 amide bonds. The molecule has 24 heavy (non-hydrogen) atoms. The van der Waals surface area contributed by atoms with Gasteiger partial charge in [-0.25, -0.2) is 4.79 Å². The van der Waals surface area contributed by atoms with Crippen molar-refractivity contribution in [3.63, 3.8) is 0 Å². The SMILES string of the molecule is COc1cc(C(=O)Nc2ccc(C3C=N3)cc2C(=O)O)ccc1C. The molecule has 1 heterocycles. The predicted octanol–water partition coefficient (Wildman–Crippen LogP) is 3.08. The molecular formula is C18H16N2O4. The van der Waals surface area contributed by atoms with E-state index in [9.17, 15) is 14.7 Å². The first-order chi connectivity index (χ1) is 11.5. The molecule has 6 heteroatoms. The molecule has 0 saturated carbocycles. The summed E-state index contributed by atoms with van der Waals surface area (Å²) in [5, 5.41) is 12.0. The summed E-state index contributed by atoms with van der Waals surface area (Å²) in [5.74, 6) is -0.900. The number of carboxylic acids is 1. The number of aliphatic imine (C=N–C) groups is 1. The molecule has 1 unspecified atom stereocenters. The minimum absolute atomic E-state index is 0.0374. The Morgan fingerprint density at radius 2 is 1.96 bits per heavy atom. The van der Waals surface area contributed by atoms with Gasteiger partial charge in [-0.1, -0.05) is 12.1 Å². The third-order valence-corrected chi connectivity index (χ3v) is 3.83. The second-order valence-corrected chi connectivity index (χ2v) is 5.49. The van der Waals surface area contributed by atoms with Crippen molar-refractivity contribution in [2.24, 2.45) is 4.99 Å². The highest BCUT2D eigenvalue weighted by molar-refractivity contribution is 6.08. The van der Waals surface area contributed by atoms with Crippen molar-refractivity contribution in [3.8, 4) is 5.75 Å². The molecule has 2 aromatic carbocycles. The summed E-state index contributed by atoms with van der Waals surface area (Å²) in [6.07, 6.45) is 1.73. The Balaban J connectivity index is 1.87. The van der Waals surface area contributed by atoms with E-state index >= 15 is 0 Å². The van der Waals surface area contributed by atoms with Crippen molar-refractivity contribution in [1.29, 1.82) is 0 Å². The highest BCUT2D eigenvalue weighted by Crippen LogP contribution is 2.28. The van der Waals surface area contributed by atoms with E-state index in [4.69, 9.17) is 4.74 Å². The van der Waals surface area contributed by atoms with Crippen LogP contribution in [0.3, 0.4) is 0 Å². The van der Waals surface area contributed by atoms with Gasteiger partial charge in [0.25, 0.3) is 5.91 Å². The highest BCUT2D eigenvalue weighted by Gasteiger charge is 2.20. The van der Waals surface area contributed by atoms with Crippen molar-refractivity contribution in [3.05, 3.63) is 58.7 Å². The number of nitrogens with one attached hydrogen (secondary N) is 1. The van der Waals surface area contributed by atoms with Gasteiger partial charge in [0.2, 0.25) is 0 Å². The lowest BCUT2D eigenvalue weighted by Crippen LogP contribution is -2.15. The lowest BCUT2D eigenvalue weighted by atomic mass is 10.0. The van der Waals surface area contributed by atoms with Gasteiger partial charge in [0, 0.05) is 11.8 Å². The van der Waals surface area contributed by atoms with Crippen molar-refractivity contribution in [2.45, 2.75) is 13.0 Å². The number of carboxylic acid groups (broad SMARTS) is 1. The molecule has 0 aromatic heterocycles. The molecule has 0 fully saturated rings. The van der Waals surface area contributed by atoms with Crippen molar-refractivity contribution < 1.29 is 19.4 Å². The van der Waals surface area contributed by atoms with Crippen LogP contribution in [-0.4, -0.2) is 30.3 Å². The first kappa shape index (κ1) is 15.7. The van der Waals surface area contributed by atoms with Crippen LogP contribution in [0.5, 0.6) is 5.75 Å². The minimum Gasteiger partial charge on any atom is -0.496 e. The van der Waals surface area contributed by atoms with Crippen LogP contribution in [0, 0.1) is 6.92 Å². The summed E-state index contributed by atoms with van der Waals surface area (Å²) in [7, 11) is 1.53. The molecule has 2 N–H and O–H groups in total. The van der Waals surface area contributed by atoms with Gasteiger partial charge in [0.1, 0.15) is 11.8 Å². The zero-order valence-electron chi connectivity index (χ0n) is 13.2. The first-order valence-electron chi connectivity index (χ1n) is 7.36. The van der Waals surface area contributed by atoms with Gasteiger partial charge in [-0.3, -0.25) is 9.79 Å². The van der Waals surface area contributed by atoms with E-state index in [0.717, 1.165) is 11.1 Å². The van der Waals surface area contributed by atoms with Crippen LogP contribution in [0.25, 0.3) is 0 Å². The molecule has 0 radical (unpaired) electrons. The van der Waals surface area contributed by atoms with Gasteiger partial charge in [-0.2, -0.15) is 0 Å². The molecule has 0 saturated heterocycles. The van der Waals surface area contributed by atoms with Crippen LogP contribution in [0.4, 0.5) is 5.69 Å². The Bertz CT molecular complexity index is 852. The van der Waals surface area contributed by atoms with E-state index in [1.54, 1.807) is 36.5 Å². The normalized spacial score (nSPS) is 15.0. The summed E-state index contributed by atoms with van der Waals surface area (Å²) < 4.78 is 5.21. The Labute approximate surface area is 138 Å². The van der Waals surface area contributed by atoms with Crippen LogP contribution in [0.15, 0.2) is 41.4 Å². The number of nitrogens with zero attached hydrogens (tertiary/aromatic N) is 1. The summed E-state index contributed by atoms with van der Waals surface area (Å²) >= 11 is 0. The van der Waals surface area contributed by atoms with Gasteiger partial charge in [-0.05, 0) is 42.3 Å². The number of aromatic carboxylic acids is 1. The molecule has 0 spiro atoms. The number of ether oxygens (including phenoxy) is 1. The van der Waals surface area contributed by atoms with E-state index in [1.807, 2.05) is 6.92 Å². The van der Waals surface area contributed by atoms with E-state index in [0.29, 0.717) is 11.3 Å². The number of amides is 1. The maximum absolute atomic E-state index is 12.4. The molecule has 1 atom stereocenters. The van der Waals surface area contributed by atoms with Gasteiger partial charge >= 0.3 is 5.97 Å². The van der Waals surface area contributed by atoms with Crippen LogP contribution in [0.2, 0.25) is 0 Å². The van der Waals surface area contributed by atoms with E-state index in [-0.39, 0.29) is 17.3 Å². The number of benzene rings is 2. The monoisotopic (exact) mass is 324 g/mol. The fourth-order valence-corrected chi connectivity index (χ4v) is 2.40. The lowest BCUT2D eigenvalue weighted by Gasteiger charge is -2.11. The van der Waals surface area contributed by atoms with Crippen LogP contribution >= 0.6 is 0 Å². The number of anilines is 1. The maximum Gasteiger partial charge on any atom is 0.337 e. The van der Waals surface area contributed by atoms with Gasteiger partial charge in [0.05, 0.1) is 18.4 Å². The van der Waals surface area contributed by atoms with Crippen molar-refractivity contribution in [2.75, 3.05) is 12.4 Å². The summed E-state index contributed by atoms with van der Waals surface area (Å²) in [4.78, 5) is 27.9. The van der Waals surface area contributed by atoms with E-state index < -0.39 is 11.9 Å². The fourth-order valence-electron chi connectivity index (χ4n) is 2.40. The molecule has 1 aliphatic heterocycles. The summed E-state index contributed by atoms with van der Waals surface area (Å²) in [6.45, 7) is 1.88. The Morgan fingerprint density at radius 3 is 2.58 bits per heavy atom. The van der Waals surface area contributed by atoms with Crippen molar-refractivity contribution in [1.82, 2.24) is 0 Å². The number of rotatable bonds is 5. The predicted molar refractivity (Wildman–Crippen MR) is 90.3 cm³/mol. The summed E-state index contributed by atoms with van der Waals surface area (Å²) in [6, 6.07) is 9.90. The Morgan fingerprint density at radius 1 is 1.21 bits per heavy atom. The third-order valence-electron chi connectivity index (χ3n) is 3.83. The maximum atomic E-state index is 12.4. The number of hydrogen-bond acceptors (Lipinski definition) is 4. The molecule has 0 aliphatic carbocycles. The average Bonchev–Trinajstić information content (AvgIpc) is 3.40. The van der Waals surface area contributed by atoms with Crippen LogP contribution in [-0.2, 0) is 0 Å². The zero-order chi connectivity index (χ0) is 17.3. The van der Waals surface area contributed by atoms with Crippen LogP contribution in [0.1, 0.15) is 37.9 Å². The molecule has 6 nitrogen and oxygen atoms in total. The third kappa shape index (κ3) is 3.12. The highest BCUT2D eigenvalue weighted by atomic mass is 16.5. The molecule has 1 aliphatic rings. The molecule has 0 bridgehead atoms. The topological polar surface area (TPSA) is 88.0 Å². The number of aryl methyl sites for hydroxylation is 1. The lowest BCUT2D eigenvalue weighted by molar-refractivity contribution is 0.0698. The number of carbonyl (C=O) groups excluding carboxylic acids is 1. The molecule has 2 aromatic rings. The number of methoxy groups -OCH3 is 1. The van der Waals surface area contributed by atoms with Gasteiger partial charge in [0.15, 0.2) is 0 Å². The first-order valence-corrected chi connectivity index (χ1v) is 7.36. The standard InChI is InChI=1S/C18H16N2O4/c1-10-3-4-12(8-16(10)24-2)17(21)20-14-6-5-11(15-9-19-15)7-13(14)18(22)23/h3-9,15H,1-2H3,(H,20,21)(H,22,23). The van der Waals surface area contributed by atoms with E-state index in [1.165, 1.54) is 13.2 Å². The van der Waals surface area contributed by atoms with Crippen LogP contribution < -0.4 is 10.1 Å². The summed E-state index contributed by atoms with van der Waals surface area (Å²) in [5.41, 5.74) is 2.38. The molecule has 122 valence electrons. The van der Waals surface area contributed by atoms with Crippen molar-refractivity contribution >= 4 is 23.8 Å². The average molecular weight is 324 g/mol. The zero-order valence-corrected chi connectivity index (χ0v) is 13.2. The second-order valence-electron chi connectivity index (χ2n) is 5.49. The fraction of sp³-hybridized carbons (Fsp3) is 0.167. The Hall–Kier alpha value is -3.15.